The number of hydrogen-bond donors (Lipinski definition) is 1. The van der Waals surface area contributed by atoms with Crippen LogP contribution in [0.25, 0.3) is 0 Å². The average Bonchev–Trinajstić information content (AvgIpc) is 2.35. The molecule has 6 heteroatoms. The lowest BCUT2D eigenvalue weighted by Gasteiger charge is -2.20. The Kier molecular flexibility index (Phi) is 4.65. The summed E-state index contributed by atoms with van der Waals surface area (Å²) in [7, 11) is 1.33. The molecule has 1 atom stereocenters. The van der Waals surface area contributed by atoms with Crippen molar-refractivity contribution in [1.29, 1.82) is 0 Å². The number of carbonyl (C=O) groups is 1. The second-order valence-electron chi connectivity index (χ2n) is 4.19. The van der Waals surface area contributed by atoms with Crippen LogP contribution in [-0.2, 0) is 9.53 Å². The van der Waals surface area contributed by atoms with Crippen molar-refractivity contribution in [3.8, 4) is 0 Å². The first-order valence-electron chi connectivity index (χ1n) is 5.54. The van der Waals surface area contributed by atoms with Crippen molar-refractivity contribution in [2.75, 3.05) is 12.4 Å². The third-order valence-electron chi connectivity index (χ3n) is 2.52. The quantitative estimate of drug-likeness (QED) is 0.493. The molecule has 0 aliphatic heterocycles. The molecule has 0 aliphatic carbocycles. The van der Waals surface area contributed by atoms with Crippen LogP contribution in [0, 0.1) is 16.0 Å². The maximum absolute atomic E-state index is 11.5. The molecule has 18 heavy (non-hydrogen) atoms. The summed E-state index contributed by atoms with van der Waals surface area (Å²) < 4.78 is 4.70. The second kappa shape index (κ2) is 6.00. The predicted octanol–water partition coefficient (Wildman–Crippen LogP) is 2.20. The van der Waals surface area contributed by atoms with Gasteiger partial charge in [0.1, 0.15) is 6.04 Å². The van der Waals surface area contributed by atoms with E-state index in [1.807, 2.05) is 13.8 Å². The SMILES string of the molecule is COC(=O)C(Nc1ccc([N+](=O)[O-])cc1)C(C)C. The summed E-state index contributed by atoms with van der Waals surface area (Å²) in [6.45, 7) is 3.78. The maximum Gasteiger partial charge on any atom is 0.328 e. The van der Waals surface area contributed by atoms with Gasteiger partial charge in [0.15, 0.2) is 0 Å². The topological polar surface area (TPSA) is 81.5 Å². The smallest absolute Gasteiger partial charge is 0.328 e. The Labute approximate surface area is 105 Å². The van der Waals surface area contributed by atoms with Crippen molar-refractivity contribution in [1.82, 2.24) is 0 Å². The highest BCUT2D eigenvalue weighted by molar-refractivity contribution is 5.79. The Morgan fingerprint density at radius 2 is 1.89 bits per heavy atom. The highest BCUT2D eigenvalue weighted by Gasteiger charge is 2.22. The van der Waals surface area contributed by atoms with Gasteiger partial charge in [0.2, 0.25) is 0 Å². The van der Waals surface area contributed by atoms with Gasteiger partial charge in [-0.05, 0) is 18.1 Å². The molecule has 0 aromatic heterocycles. The van der Waals surface area contributed by atoms with E-state index in [9.17, 15) is 14.9 Å². The monoisotopic (exact) mass is 252 g/mol. The number of non-ortho nitro benzene ring substituents is 1. The van der Waals surface area contributed by atoms with Crippen molar-refractivity contribution in [3.63, 3.8) is 0 Å². The van der Waals surface area contributed by atoms with Crippen LogP contribution in [0.1, 0.15) is 13.8 Å². The minimum absolute atomic E-state index is 0.0136. The van der Waals surface area contributed by atoms with E-state index in [4.69, 9.17) is 4.74 Å². The summed E-state index contributed by atoms with van der Waals surface area (Å²) in [4.78, 5) is 21.6. The molecule has 1 aromatic carbocycles. The molecule has 6 nitrogen and oxygen atoms in total. The highest BCUT2D eigenvalue weighted by Crippen LogP contribution is 2.18. The van der Waals surface area contributed by atoms with E-state index in [0.29, 0.717) is 5.69 Å². The van der Waals surface area contributed by atoms with Gasteiger partial charge in [0, 0.05) is 17.8 Å². The molecule has 0 fully saturated rings. The van der Waals surface area contributed by atoms with Crippen LogP contribution in [0.2, 0.25) is 0 Å². The molecule has 0 saturated carbocycles. The zero-order chi connectivity index (χ0) is 13.7. The van der Waals surface area contributed by atoms with E-state index in [-0.39, 0.29) is 17.6 Å². The lowest BCUT2D eigenvalue weighted by atomic mass is 10.0. The molecule has 0 radical (unpaired) electrons. The number of ether oxygens (including phenoxy) is 1. The number of carbonyl (C=O) groups excluding carboxylic acids is 1. The number of esters is 1. The molecule has 1 N–H and O–H groups in total. The van der Waals surface area contributed by atoms with Gasteiger partial charge in [-0.1, -0.05) is 13.8 Å². The van der Waals surface area contributed by atoms with Crippen molar-refractivity contribution in [3.05, 3.63) is 34.4 Å². The average molecular weight is 252 g/mol. The van der Waals surface area contributed by atoms with Crippen molar-refractivity contribution >= 4 is 17.3 Å². The molecular weight excluding hydrogens is 236 g/mol. The number of nitro benzene ring substituents is 1. The summed E-state index contributed by atoms with van der Waals surface area (Å²) in [5, 5.41) is 13.5. The Morgan fingerprint density at radius 1 is 1.33 bits per heavy atom. The van der Waals surface area contributed by atoms with Crippen LogP contribution in [0.3, 0.4) is 0 Å². The fourth-order valence-corrected chi connectivity index (χ4v) is 1.48. The van der Waals surface area contributed by atoms with Gasteiger partial charge >= 0.3 is 5.97 Å². The highest BCUT2D eigenvalue weighted by atomic mass is 16.6. The van der Waals surface area contributed by atoms with Crippen LogP contribution < -0.4 is 5.32 Å². The first kappa shape index (κ1) is 14.0. The molecule has 1 unspecified atom stereocenters. The minimum atomic E-state index is -0.476. The minimum Gasteiger partial charge on any atom is -0.467 e. The summed E-state index contributed by atoms with van der Waals surface area (Å²) in [5.41, 5.74) is 0.657. The molecule has 0 aliphatic rings. The standard InChI is InChI=1S/C12H16N2O4/c1-8(2)11(12(15)18-3)13-9-4-6-10(7-5-9)14(16)17/h4-8,11,13H,1-3H3. The van der Waals surface area contributed by atoms with Gasteiger partial charge in [0.05, 0.1) is 12.0 Å². The van der Waals surface area contributed by atoms with Crippen molar-refractivity contribution in [2.24, 2.45) is 5.92 Å². The number of benzene rings is 1. The number of nitrogens with one attached hydrogen (secondary N) is 1. The zero-order valence-corrected chi connectivity index (χ0v) is 10.5. The van der Waals surface area contributed by atoms with Gasteiger partial charge in [-0.25, -0.2) is 4.79 Å². The molecule has 98 valence electrons. The van der Waals surface area contributed by atoms with Crippen molar-refractivity contribution < 1.29 is 14.5 Å². The molecule has 0 saturated heterocycles. The number of rotatable bonds is 5. The van der Waals surface area contributed by atoms with Crippen LogP contribution in [0.4, 0.5) is 11.4 Å². The molecule has 1 rings (SSSR count). The molecule has 0 amide bonds. The number of nitro groups is 1. The number of methoxy groups -OCH3 is 1. The van der Waals surface area contributed by atoms with E-state index < -0.39 is 11.0 Å². The summed E-state index contributed by atoms with van der Waals surface area (Å²) >= 11 is 0. The largest absolute Gasteiger partial charge is 0.467 e. The van der Waals surface area contributed by atoms with Gasteiger partial charge in [-0.15, -0.1) is 0 Å². The van der Waals surface area contributed by atoms with Gasteiger partial charge < -0.3 is 10.1 Å². The number of anilines is 1. The molecule has 0 heterocycles. The summed E-state index contributed by atoms with van der Waals surface area (Å²) in [6.07, 6.45) is 0. The van der Waals surface area contributed by atoms with E-state index in [1.54, 1.807) is 12.1 Å². The zero-order valence-electron chi connectivity index (χ0n) is 10.5. The molecule has 0 spiro atoms. The Hall–Kier alpha value is -2.11. The summed E-state index contributed by atoms with van der Waals surface area (Å²) in [5.74, 6) is -0.309. The molecule has 0 bridgehead atoms. The molecule has 1 aromatic rings. The van der Waals surface area contributed by atoms with Crippen LogP contribution in [0.15, 0.2) is 24.3 Å². The normalized spacial score (nSPS) is 12.0. The number of nitrogens with zero attached hydrogens (tertiary/aromatic N) is 1. The van der Waals surface area contributed by atoms with Gasteiger partial charge in [0.25, 0.3) is 5.69 Å². The Balaban J connectivity index is 2.81. The van der Waals surface area contributed by atoms with Crippen LogP contribution in [-0.4, -0.2) is 24.0 Å². The number of hydrogen-bond acceptors (Lipinski definition) is 5. The third kappa shape index (κ3) is 3.44. The maximum atomic E-state index is 11.5. The van der Waals surface area contributed by atoms with E-state index in [1.165, 1.54) is 19.2 Å². The van der Waals surface area contributed by atoms with Gasteiger partial charge in [-0.2, -0.15) is 0 Å². The van der Waals surface area contributed by atoms with Crippen molar-refractivity contribution in [2.45, 2.75) is 19.9 Å². The Bertz CT molecular complexity index is 428. The fourth-order valence-electron chi connectivity index (χ4n) is 1.48. The molecular formula is C12H16N2O4. The van der Waals surface area contributed by atoms with Crippen LogP contribution >= 0.6 is 0 Å². The lowest BCUT2D eigenvalue weighted by molar-refractivity contribution is -0.384. The Morgan fingerprint density at radius 3 is 2.28 bits per heavy atom. The van der Waals surface area contributed by atoms with E-state index >= 15 is 0 Å². The first-order valence-corrected chi connectivity index (χ1v) is 5.54. The summed E-state index contributed by atoms with van der Waals surface area (Å²) in [6, 6.07) is 5.43. The van der Waals surface area contributed by atoms with Crippen LogP contribution in [0.5, 0.6) is 0 Å². The first-order chi connectivity index (χ1) is 8.45. The van der Waals surface area contributed by atoms with E-state index in [2.05, 4.69) is 5.32 Å². The predicted molar refractivity (Wildman–Crippen MR) is 67.4 cm³/mol. The lowest BCUT2D eigenvalue weighted by Crippen LogP contribution is -2.35. The van der Waals surface area contributed by atoms with Gasteiger partial charge in [-0.3, -0.25) is 10.1 Å². The van der Waals surface area contributed by atoms with E-state index in [0.717, 1.165) is 0 Å². The third-order valence-corrected chi connectivity index (χ3v) is 2.52. The second-order valence-corrected chi connectivity index (χ2v) is 4.19. The fraction of sp³-hybridized carbons (Fsp3) is 0.417.